The lowest BCUT2D eigenvalue weighted by Gasteiger charge is -2.62. The van der Waals surface area contributed by atoms with Crippen LogP contribution in [-0.4, -0.2) is 28.1 Å². The van der Waals surface area contributed by atoms with Gasteiger partial charge in [0, 0.05) is 11.8 Å². The average molecular weight is 320 g/mol. The third kappa shape index (κ3) is 1.76. The average Bonchev–Trinajstić information content (AvgIpc) is 2.73. The maximum Gasteiger partial charge on any atom is 0.309 e. The van der Waals surface area contributed by atoms with Crippen LogP contribution in [0.5, 0.6) is 0 Å². The predicted molar refractivity (Wildman–Crippen MR) is 84.7 cm³/mol. The SMILES string of the molecule is CC1(C(=O)O)CCCC2(C)C1CC(=O)C13CC(O)C(CCC12)C3. The second-order valence-corrected chi connectivity index (χ2v) is 9.28. The minimum Gasteiger partial charge on any atom is -0.481 e. The van der Waals surface area contributed by atoms with E-state index in [1.807, 2.05) is 6.92 Å². The number of ketones is 1. The molecule has 0 aromatic heterocycles. The topological polar surface area (TPSA) is 74.6 Å². The molecule has 2 bridgehead atoms. The van der Waals surface area contributed by atoms with Crippen LogP contribution in [-0.2, 0) is 9.59 Å². The minimum absolute atomic E-state index is 0.0568. The van der Waals surface area contributed by atoms with Crippen LogP contribution in [0.4, 0.5) is 0 Å². The van der Waals surface area contributed by atoms with Crippen LogP contribution in [0, 0.1) is 34.0 Å². The highest BCUT2D eigenvalue weighted by molar-refractivity contribution is 5.88. The van der Waals surface area contributed by atoms with Gasteiger partial charge < -0.3 is 10.2 Å². The first kappa shape index (κ1) is 15.6. The van der Waals surface area contributed by atoms with Gasteiger partial charge in [-0.25, -0.2) is 0 Å². The second-order valence-electron chi connectivity index (χ2n) is 9.28. The minimum atomic E-state index is -0.779. The first-order valence-electron chi connectivity index (χ1n) is 9.19. The highest BCUT2D eigenvalue weighted by Crippen LogP contribution is 2.70. The largest absolute Gasteiger partial charge is 0.481 e. The summed E-state index contributed by atoms with van der Waals surface area (Å²) in [6.45, 7) is 4.11. The Morgan fingerprint density at radius 1 is 1.13 bits per heavy atom. The van der Waals surface area contributed by atoms with Crippen molar-refractivity contribution in [2.45, 2.75) is 71.3 Å². The molecule has 0 heterocycles. The summed E-state index contributed by atoms with van der Waals surface area (Å²) in [5.41, 5.74) is -1.21. The molecule has 4 aliphatic rings. The van der Waals surface area contributed by atoms with E-state index in [-0.39, 0.29) is 40.5 Å². The van der Waals surface area contributed by atoms with Crippen molar-refractivity contribution in [1.82, 2.24) is 0 Å². The number of aliphatic hydroxyl groups is 1. The zero-order valence-electron chi connectivity index (χ0n) is 14.2. The standard InChI is InChI=1S/C19H28O4/c1-17-6-3-7-18(2,16(22)23)14(17)8-15(21)19-9-11(12(20)10-19)4-5-13(17)19/h11-14,20H,3-10H2,1-2H3,(H,22,23). The normalized spacial score (nSPS) is 55.2. The van der Waals surface area contributed by atoms with Crippen molar-refractivity contribution in [2.75, 3.05) is 0 Å². The molecule has 4 aliphatic carbocycles. The van der Waals surface area contributed by atoms with Gasteiger partial charge in [-0.3, -0.25) is 9.59 Å². The fraction of sp³-hybridized carbons (Fsp3) is 0.895. The molecule has 0 aromatic carbocycles. The Kier molecular flexibility index (Phi) is 3.12. The summed E-state index contributed by atoms with van der Waals surface area (Å²) in [6, 6.07) is 0. The van der Waals surface area contributed by atoms with E-state index in [1.54, 1.807) is 0 Å². The van der Waals surface area contributed by atoms with Gasteiger partial charge in [-0.1, -0.05) is 13.3 Å². The van der Waals surface area contributed by atoms with Gasteiger partial charge in [0.15, 0.2) is 0 Å². The summed E-state index contributed by atoms with van der Waals surface area (Å²) in [5, 5.41) is 20.2. The van der Waals surface area contributed by atoms with Crippen LogP contribution in [0.1, 0.15) is 65.2 Å². The maximum atomic E-state index is 13.2. The van der Waals surface area contributed by atoms with Crippen LogP contribution in [0.25, 0.3) is 0 Å². The van der Waals surface area contributed by atoms with E-state index in [2.05, 4.69) is 6.92 Å². The van der Waals surface area contributed by atoms with Gasteiger partial charge in [0.05, 0.1) is 11.5 Å². The molecule has 2 N–H and O–H groups in total. The molecule has 4 heteroatoms. The zero-order chi connectivity index (χ0) is 16.6. The molecular formula is C19H28O4. The van der Waals surface area contributed by atoms with Crippen LogP contribution in [0.2, 0.25) is 0 Å². The van der Waals surface area contributed by atoms with Crippen molar-refractivity contribution in [3.05, 3.63) is 0 Å². The molecule has 4 saturated carbocycles. The Morgan fingerprint density at radius 3 is 2.57 bits per heavy atom. The fourth-order valence-corrected chi connectivity index (χ4v) is 7.28. The molecule has 1 spiro atoms. The zero-order valence-corrected chi connectivity index (χ0v) is 14.2. The highest BCUT2D eigenvalue weighted by Gasteiger charge is 2.68. The Hall–Kier alpha value is -0.900. The van der Waals surface area contributed by atoms with Gasteiger partial charge in [-0.15, -0.1) is 0 Å². The summed E-state index contributed by atoms with van der Waals surface area (Å²) in [6.07, 6.45) is 6.14. The number of carbonyl (C=O) groups is 2. The van der Waals surface area contributed by atoms with Crippen LogP contribution >= 0.6 is 0 Å². The Balaban J connectivity index is 1.80. The maximum absolute atomic E-state index is 13.2. The number of aliphatic hydroxyl groups excluding tert-OH is 1. The van der Waals surface area contributed by atoms with Crippen molar-refractivity contribution in [2.24, 2.45) is 34.0 Å². The Morgan fingerprint density at radius 2 is 1.87 bits per heavy atom. The van der Waals surface area contributed by atoms with E-state index in [0.29, 0.717) is 19.3 Å². The summed E-state index contributed by atoms with van der Waals surface area (Å²) in [4.78, 5) is 25.2. The smallest absolute Gasteiger partial charge is 0.309 e. The van der Waals surface area contributed by atoms with Crippen molar-refractivity contribution < 1.29 is 19.8 Å². The quantitative estimate of drug-likeness (QED) is 0.779. The number of rotatable bonds is 1. The number of hydrogen-bond acceptors (Lipinski definition) is 3. The molecule has 23 heavy (non-hydrogen) atoms. The van der Waals surface area contributed by atoms with E-state index in [0.717, 1.165) is 32.1 Å². The van der Waals surface area contributed by atoms with E-state index in [1.165, 1.54) is 0 Å². The van der Waals surface area contributed by atoms with Crippen LogP contribution in [0.15, 0.2) is 0 Å². The van der Waals surface area contributed by atoms with E-state index in [4.69, 9.17) is 0 Å². The predicted octanol–water partition coefficient (Wildman–Crippen LogP) is 3.02. The monoisotopic (exact) mass is 320 g/mol. The molecule has 7 atom stereocenters. The number of carboxylic acids is 1. The van der Waals surface area contributed by atoms with Crippen LogP contribution < -0.4 is 0 Å². The Bertz CT molecular complexity index is 568. The lowest BCUT2D eigenvalue weighted by atomic mass is 9.40. The number of aliphatic carboxylic acids is 1. The van der Waals surface area contributed by atoms with Crippen molar-refractivity contribution in [3.63, 3.8) is 0 Å². The first-order chi connectivity index (χ1) is 10.7. The van der Waals surface area contributed by atoms with Gasteiger partial charge in [0.1, 0.15) is 5.78 Å². The molecule has 0 saturated heterocycles. The molecule has 4 nitrogen and oxygen atoms in total. The molecule has 4 rings (SSSR count). The van der Waals surface area contributed by atoms with Gasteiger partial charge in [-0.2, -0.15) is 0 Å². The molecule has 128 valence electrons. The third-order valence-electron chi connectivity index (χ3n) is 8.44. The van der Waals surface area contributed by atoms with Crippen molar-refractivity contribution >= 4 is 11.8 Å². The van der Waals surface area contributed by atoms with Crippen molar-refractivity contribution in [1.29, 1.82) is 0 Å². The number of hydrogen-bond donors (Lipinski definition) is 2. The molecule has 7 unspecified atom stereocenters. The van der Waals surface area contributed by atoms with E-state index < -0.39 is 11.4 Å². The van der Waals surface area contributed by atoms with Gasteiger partial charge in [-0.05, 0) is 68.6 Å². The van der Waals surface area contributed by atoms with Gasteiger partial charge in [0.2, 0.25) is 0 Å². The molecule has 0 amide bonds. The number of fused-ring (bicyclic) bond motifs is 3. The van der Waals surface area contributed by atoms with E-state index in [9.17, 15) is 19.8 Å². The molecule has 0 aromatic rings. The molecule has 0 aliphatic heterocycles. The summed E-state index contributed by atoms with van der Waals surface area (Å²) in [5.74, 6) is -0.00462. The molecule has 0 radical (unpaired) electrons. The molecular weight excluding hydrogens is 292 g/mol. The van der Waals surface area contributed by atoms with Gasteiger partial charge in [0.25, 0.3) is 0 Å². The van der Waals surface area contributed by atoms with Crippen LogP contribution in [0.3, 0.4) is 0 Å². The lowest BCUT2D eigenvalue weighted by Crippen LogP contribution is -2.61. The number of Topliss-reactive ketones (excluding diaryl/α,β-unsaturated/α-hetero) is 1. The first-order valence-corrected chi connectivity index (χ1v) is 9.19. The summed E-state index contributed by atoms with van der Waals surface area (Å²) in [7, 11) is 0. The van der Waals surface area contributed by atoms with Crippen molar-refractivity contribution in [3.8, 4) is 0 Å². The second kappa shape index (κ2) is 4.59. The number of carboxylic acid groups (broad SMARTS) is 1. The third-order valence-corrected chi connectivity index (χ3v) is 8.44. The molecule has 4 fully saturated rings. The highest BCUT2D eigenvalue weighted by atomic mass is 16.4. The number of carbonyl (C=O) groups excluding carboxylic acids is 1. The summed E-state index contributed by atoms with van der Waals surface area (Å²) >= 11 is 0. The fourth-order valence-electron chi connectivity index (χ4n) is 7.28. The van der Waals surface area contributed by atoms with E-state index >= 15 is 0 Å². The summed E-state index contributed by atoms with van der Waals surface area (Å²) < 4.78 is 0. The Labute approximate surface area is 137 Å². The lowest BCUT2D eigenvalue weighted by molar-refractivity contribution is -0.184. The van der Waals surface area contributed by atoms with Gasteiger partial charge >= 0.3 is 5.97 Å².